The van der Waals surface area contributed by atoms with Gasteiger partial charge in [0, 0.05) is 11.1 Å². The first-order chi connectivity index (χ1) is 13.0. The number of benzene rings is 2. The van der Waals surface area contributed by atoms with Gasteiger partial charge < -0.3 is 10.5 Å². The zero-order valence-corrected chi connectivity index (χ0v) is 13.9. The maximum atomic E-state index is 13.9. The minimum absolute atomic E-state index is 0.0133. The van der Waals surface area contributed by atoms with Crippen LogP contribution in [0.15, 0.2) is 54.7 Å². The number of nitrogens with zero attached hydrogens (tertiary/aromatic N) is 2. The van der Waals surface area contributed by atoms with Gasteiger partial charge in [-0.25, -0.2) is 13.8 Å². The predicted molar refractivity (Wildman–Crippen MR) is 93.6 cm³/mol. The lowest BCUT2D eigenvalue weighted by molar-refractivity contribution is 0.0995. The number of carbonyl (C=O) groups excluding carboxylic acids is 1. The normalized spacial score (nSPS) is 10.3. The topological polar surface area (TPSA) is 89.0 Å². The molecule has 1 aromatic heterocycles. The van der Waals surface area contributed by atoms with Crippen molar-refractivity contribution in [1.82, 2.24) is 4.98 Å². The van der Waals surface area contributed by atoms with Crippen molar-refractivity contribution in [2.24, 2.45) is 5.73 Å². The zero-order valence-electron chi connectivity index (χ0n) is 13.9. The zero-order chi connectivity index (χ0) is 19.4. The molecule has 2 aromatic carbocycles. The first-order valence-electron chi connectivity index (χ1n) is 7.85. The molecule has 0 unspecified atom stereocenters. The summed E-state index contributed by atoms with van der Waals surface area (Å²) in [5.41, 5.74) is 6.80. The van der Waals surface area contributed by atoms with Gasteiger partial charge in [0.15, 0.2) is 0 Å². The molecule has 0 saturated carbocycles. The number of hydrogen-bond donors (Lipinski definition) is 1. The first kappa shape index (κ1) is 18.0. The van der Waals surface area contributed by atoms with Gasteiger partial charge in [-0.05, 0) is 42.0 Å². The molecule has 0 saturated heterocycles. The van der Waals surface area contributed by atoms with Gasteiger partial charge in [-0.2, -0.15) is 5.26 Å². The van der Waals surface area contributed by atoms with Crippen LogP contribution in [0.1, 0.15) is 21.6 Å². The Morgan fingerprint density at radius 2 is 1.89 bits per heavy atom. The molecule has 5 nitrogen and oxygen atoms in total. The molecule has 3 rings (SSSR count). The summed E-state index contributed by atoms with van der Waals surface area (Å²) in [4.78, 5) is 15.4. The number of rotatable bonds is 5. The van der Waals surface area contributed by atoms with Crippen molar-refractivity contribution in [3.05, 3.63) is 83.2 Å². The quantitative estimate of drug-likeness (QED) is 0.748. The lowest BCUT2D eigenvalue weighted by Gasteiger charge is -2.13. The maximum Gasteiger partial charge on any atom is 0.267 e. The predicted octanol–water partition coefficient (Wildman–Crippen LogP) is 3.58. The van der Waals surface area contributed by atoms with E-state index in [-0.39, 0.29) is 23.6 Å². The minimum Gasteiger partial charge on any atom is -0.487 e. The Kier molecular flexibility index (Phi) is 5.08. The van der Waals surface area contributed by atoms with Crippen molar-refractivity contribution in [1.29, 1.82) is 5.26 Å². The SMILES string of the molecule is N#Cc1ccc(F)c(COc2cnc(C(N)=O)cc2-c2ccc(F)cc2)c1. The van der Waals surface area contributed by atoms with E-state index in [4.69, 9.17) is 15.7 Å². The van der Waals surface area contributed by atoms with E-state index in [9.17, 15) is 13.6 Å². The number of pyridine rings is 1. The van der Waals surface area contributed by atoms with Crippen molar-refractivity contribution < 1.29 is 18.3 Å². The number of nitrogens with two attached hydrogens (primary N) is 1. The number of primary amides is 1. The van der Waals surface area contributed by atoms with E-state index < -0.39 is 17.5 Å². The molecule has 0 aliphatic rings. The van der Waals surface area contributed by atoms with Crippen LogP contribution >= 0.6 is 0 Å². The molecule has 2 N–H and O–H groups in total. The highest BCUT2D eigenvalue weighted by Crippen LogP contribution is 2.31. The number of aromatic nitrogens is 1. The molecular formula is C20H13F2N3O2. The van der Waals surface area contributed by atoms with Crippen molar-refractivity contribution in [3.63, 3.8) is 0 Å². The summed E-state index contributed by atoms with van der Waals surface area (Å²) < 4.78 is 32.8. The van der Waals surface area contributed by atoms with Gasteiger partial charge in [-0.3, -0.25) is 4.79 Å². The van der Waals surface area contributed by atoms with Gasteiger partial charge in [-0.1, -0.05) is 12.1 Å². The Balaban J connectivity index is 1.96. The largest absolute Gasteiger partial charge is 0.487 e. The number of halogens is 2. The summed E-state index contributed by atoms with van der Waals surface area (Å²) in [5.74, 6) is -1.40. The second-order valence-electron chi connectivity index (χ2n) is 5.64. The van der Waals surface area contributed by atoms with E-state index in [0.29, 0.717) is 16.7 Å². The van der Waals surface area contributed by atoms with Crippen molar-refractivity contribution >= 4 is 5.91 Å². The van der Waals surface area contributed by atoms with Gasteiger partial charge in [0.1, 0.15) is 29.7 Å². The van der Waals surface area contributed by atoms with E-state index in [1.54, 1.807) is 0 Å². The van der Waals surface area contributed by atoms with Crippen LogP contribution in [-0.2, 0) is 6.61 Å². The maximum absolute atomic E-state index is 13.9. The highest BCUT2D eigenvalue weighted by Gasteiger charge is 2.13. The highest BCUT2D eigenvalue weighted by molar-refractivity contribution is 5.92. The summed E-state index contributed by atoms with van der Waals surface area (Å²) in [6.07, 6.45) is 1.30. The van der Waals surface area contributed by atoms with Gasteiger partial charge >= 0.3 is 0 Å². The Bertz CT molecular complexity index is 1040. The Morgan fingerprint density at radius 1 is 1.15 bits per heavy atom. The van der Waals surface area contributed by atoms with E-state index in [2.05, 4.69) is 4.98 Å². The van der Waals surface area contributed by atoms with Crippen molar-refractivity contribution in [2.45, 2.75) is 6.61 Å². The number of nitriles is 1. The summed E-state index contributed by atoms with van der Waals surface area (Å²) in [7, 11) is 0. The number of amides is 1. The molecule has 0 aliphatic heterocycles. The highest BCUT2D eigenvalue weighted by atomic mass is 19.1. The van der Waals surface area contributed by atoms with Crippen molar-refractivity contribution in [2.75, 3.05) is 0 Å². The third kappa shape index (κ3) is 4.07. The molecule has 7 heteroatoms. The van der Waals surface area contributed by atoms with Gasteiger partial charge in [0.05, 0.1) is 17.8 Å². The molecule has 3 aromatic rings. The van der Waals surface area contributed by atoms with E-state index in [0.717, 1.165) is 0 Å². The average molecular weight is 365 g/mol. The molecule has 0 radical (unpaired) electrons. The van der Waals surface area contributed by atoms with E-state index in [1.165, 1.54) is 54.7 Å². The van der Waals surface area contributed by atoms with Gasteiger partial charge in [0.25, 0.3) is 5.91 Å². The Hall–Kier alpha value is -3.79. The van der Waals surface area contributed by atoms with Crippen molar-refractivity contribution in [3.8, 4) is 22.9 Å². The molecular weight excluding hydrogens is 352 g/mol. The van der Waals surface area contributed by atoms with Crippen LogP contribution in [0.5, 0.6) is 5.75 Å². The monoisotopic (exact) mass is 365 g/mol. The molecule has 134 valence electrons. The number of ether oxygens (including phenoxy) is 1. The van der Waals surface area contributed by atoms with Gasteiger partial charge in [0.2, 0.25) is 0 Å². The lowest BCUT2D eigenvalue weighted by atomic mass is 10.0. The molecule has 0 aliphatic carbocycles. The smallest absolute Gasteiger partial charge is 0.267 e. The van der Waals surface area contributed by atoms with Crippen LogP contribution in [0.3, 0.4) is 0 Å². The standard InChI is InChI=1S/C20H13F2N3O2/c21-15-4-2-13(3-5-15)16-8-18(20(24)26)25-10-19(16)27-11-14-7-12(9-23)1-6-17(14)22/h1-8,10H,11H2,(H2,24,26). The van der Waals surface area contributed by atoms with Gasteiger partial charge in [-0.15, -0.1) is 0 Å². The fourth-order valence-corrected chi connectivity index (χ4v) is 2.46. The second-order valence-corrected chi connectivity index (χ2v) is 5.64. The Labute approximate surface area is 153 Å². The minimum atomic E-state index is -0.724. The van der Waals surface area contributed by atoms with Crippen LogP contribution in [-0.4, -0.2) is 10.9 Å². The molecule has 0 spiro atoms. The van der Waals surface area contributed by atoms with Crippen LogP contribution < -0.4 is 10.5 Å². The van der Waals surface area contributed by atoms with Crippen LogP contribution in [0.4, 0.5) is 8.78 Å². The third-order valence-electron chi connectivity index (χ3n) is 3.83. The lowest BCUT2D eigenvalue weighted by Crippen LogP contribution is -2.13. The molecule has 0 bridgehead atoms. The number of hydrogen-bond acceptors (Lipinski definition) is 4. The summed E-state index contributed by atoms with van der Waals surface area (Å²) in [6.45, 7) is -0.160. The molecule has 0 atom stereocenters. The average Bonchev–Trinajstić information content (AvgIpc) is 2.68. The molecule has 0 fully saturated rings. The van der Waals surface area contributed by atoms with Crippen LogP contribution in [0, 0.1) is 23.0 Å². The second kappa shape index (κ2) is 7.62. The fourth-order valence-electron chi connectivity index (χ4n) is 2.46. The molecule has 1 amide bonds. The van der Waals surface area contributed by atoms with Crippen LogP contribution in [0.25, 0.3) is 11.1 Å². The summed E-state index contributed by atoms with van der Waals surface area (Å²) in [5, 5.41) is 8.94. The molecule has 1 heterocycles. The fraction of sp³-hybridized carbons (Fsp3) is 0.0500. The van der Waals surface area contributed by atoms with Crippen LogP contribution in [0.2, 0.25) is 0 Å². The Morgan fingerprint density at radius 3 is 2.56 bits per heavy atom. The summed E-state index contributed by atoms with van der Waals surface area (Å²) in [6, 6.07) is 12.9. The first-order valence-corrected chi connectivity index (χ1v) is 7.85. The van der Waals surface area contributed by atoms with E-state index >= 15 is 0 Å². The molecule has 27 heavy (non-hydrogen) atoms. The third-order valence-corrected chi connectivity index (χ3v) is 3.83. The van der Waals surface area contributed by atoms with E-state index in [1.807, 2.05) is 6.07 Å². The number of carbonyl (C=O) groups is 1. The summed E-state index contributed by atoms with van der Waals surface area (Å²) >= 11 is 0.